The van der Waals surface area contributed by atoms with E-state index >= 15 is 0 Å². The van der Waals surface area contributed by atoms with Gasteiger partial charge in [-0.05, 0) is 35.4 Å². The molecule has 3 aromatic carbocycles. The molecule has 0 fully saturated rings. The molecule has 0 amide bonds. The van der Waals surface area contributed by atoms with Crippen LogP contribution in [0.3, 0.4) is 0 Å². The predicted molar refractivity (Wildman–Crippen MR) is 126 cm³/mol. The Labute approximate surface area is 191 Å². The number of benzene rings is 3. The number of hydrogen-bond donors (Lipinski definition) is 3. The number of methoxy groups -OCH3 is 1. The Morgan fingerprint density at radius 1 is 1.00 bits per heavy atom. The maximum Gasteiger partial charge on any atom is 0.176 e. The van der Waals surface area contributed by atoms with Gasteiger partial charge in [0, 0.05) is 18.0 Å². The van der Waals surface area contributed by atoms with Crippen molar-refractivity contribution in [1.29, 1.82) is 0 Å². The average Bonchev–Trinajstić information content (AvgIpc) is 2.98. The van der Waals surface area contributed by atoms with Crippen molar-refractivity contribution in [2.45, 2.75) is 18.4 Å². The number of halogens is 1. The second-order valence-corrected chi connectivity index (χ2v) is 8.54. The van der Waals surface area contributed by atoms with Crippen molar-refractivity contribution in [3.63, 3.8) is 0 Å². The van der Waals surface area contributed by atoms with Crippen LogP contribution in [0.25, 0.3) is 0 Å². The summed E-state index contributed by atoms with van der Waals surface area (Å²) in [6, 6.07) is 21.0. The fourth-order valence-corrected chi connectivity index (χ4v) is 4.84. The molecule has 0 saturated heterocycles. The van der Waals surface area contributed by atoms with Gasteiger partial charge >= 0.3 is 0 Å². The van der Waals surface area contributed by atoms with Crippen molar-refractivity contribution >= 4 is 28.8 Å². The number of aromatic hydroxyl groups is 1. The minimum Gasteiger partial charge on any atom is -0.503 e. The number of nitrogens with one attached hydrogen (secondary N) is 2. The maximum absolute atomic E-state index is 13.6. The molecule has 162 valence electrons. The van der Waals surface area contributed by atoms with E-state index in [4.69, 9.17) is 16.3 Å². The number of fused-ring (bicyclic) bond motifs is 2. The minimum absolute atomic E-state index is 0.00584. The van der Waals surface area contributed by atoms with E-state index in [9.17, 15) is 9.90 Å². The SMILES string of the molecule is COc1cc(C2Nc3ccccc3NC3=CC(c4ccccc4)CC(=O)C32)cc(Cl)c1O. The standard InChI is InChI=1S/C26H23ClN2O3/c1-32-23-14-17(11-18(27)26(23)31)25-24-21(28-19-9-5-6-10-20(19)29-25)12-16(13-22(24)30)15-7-3-2-4-8-15/h2-12,14,16,24-25,28-29,31H,13H2,1H3. The summed E-state index contributed by atoms with van der Waals surface area (Å²) in [4.78, 5) is 13.6. The van der Waals surface area contributed by atoms with Crippen LogP contribution < -0.4 is 15.4 Å². The lowest BCUT2D eigenvalue weighted by Gasteiger charge is -2.32. The van der Waals surface area contributed by atoms with Crippen LogP contribution in [0.4, 0.5) is 11.4 Å². The van der Waals surface area contributed by atoms with E-state index in [1.165, 1.54) is 7.11 Å². The van der Waals surface area contributed by atoms with Crippen molar-refractivity contribution in [3.8, 4) is 11.5 Å². The number of hydrogen-bond acceptors (Lipinski definition) is 5. The third-order valence-corrected chi connectivity index (χ3v) is 6.48. The number of allylic oxidation sites excluding steroid dienone is 1. The number of ether oxygens (including phenoxy) is 1. The molecule has 3 aromatic rings. The first-order valence-electron chi connectivity index (χ1n) is 10.5. The highest BCUT2D eigenvalue weighted by molar-refractivity contribution is 6.32. The molecule has 0 aromatic heterocycles. The molecule has 0 saturated carbocycles. The van der Waals surface area contributed by atoms with Crippen molar-refractivity contribution in [3.05, 3.63) is 94.7 Å². The van der Waals surface area contributed by atoms with Gasteiger partial charge in [-0.15, -0.1) is 0 Å². The highest BCUT2D eigenvalue weighted by Crippen LogP contribution is 2.46. The Bertz CT molecular complexity index is 1210. The van der Waals surface area contributed by atoms with Crippen molar-refractivity contribution < 1.29 is 14.6 Å². The van der Waals surface area contributed by atoms with Gasteiger partial charge in [0.1, 0.15) is 5.78 Å². The van der Waals surface area contributed by atoms with Crippen molar-refractivity contribution in [2.75, 3.05) is 17.7 Å². The quantitative estimate of drug-likeness (QED) is 0.468. The van der Waals surface area contributed by atoms with Crippen molar-refractivity contribution in [1.82, 2.24) is 0 Å². The Balaban J connectivity index is 1.65. The Morgan fingerprint density at radius 2 is 1.72 bits per heavy atom. The number of carbonyl (C=O) groups excluding carboxylic acids is 1. The summed E-state index contributed by atoms with van der Waals surface area (Å²) in [5.41, 5.74) is 4.54. The minimum atomic E-state index is -0.437. The summed E-state index contributed by atoms with van der Waals surface area (Å²) in [5, 5.41) is 17.4. The highest BCUT2D eigenvalue weighted by Gasteiger charge is 2.40. The van der Waals surface area contributed by atoms with Crippen LogP contribution in [0.5, 0.6) is 11.5 Å². The molecule has 5 rings (SSSR count). The summed E-state index contributed by atoms with van der Waals surface area (Å²) in [6.45, 7) is 0. The fraction of sp³-hybridized carbons (Fsp3) is 0.192. The van der Waals surface area contributed by atoms with Crippen LogP contribution in [0.1, 0.15) is 29.5 Å². The molecule has 32 heavy (non-hydrogen) atoms. The lowest BCUT2D eigenvalue weighted by Crippen LogP contribution is -2.33. The van der Waals surface area contributed by atoms with Crippen LogP contribution in [0.2, 0.25) is 5.02 Å². The molecule has 1 aliphatic heterocycles. The molecule has 6 heteroatoms. The van der Waals surface area contributed by atoms with E-state index in [0.29, 0.717) is 6.42 Å². The van der Waals surface area contributed by atoms with Gasteiger partial charge in [0.25, 0.3) is 0 Å². The van der Waals surface area contributed by atoms with Crippen LogP contribution in [-0.2, 0) is 4.79 Å². The molecule has 3 atom stereocenters. The monoisotopic (exact) mass is 446 g/mol. The van der Waals surface area contributed by atoms with Gasteiger partial charge in [-0.2, -0.15) is 0 Å². The largest absolute Gasteiger partial charge is 0.503 e. The summed E-state index contributed by atoms with van der Waals surface area (Å²) in [6.07, 6.45) is 2.58. The van der Waals surface area contributed by atoms with Gasteiger partial charge in [0.15, 0.2) is 11.5 Å². The molecule has 5 nitrogen and oxygen atoms in total. The van der Waals surface area contributed by atoms with E-state index in [0.717, 1.165) is 28.2 Å². The number of anilines is 2. The van der Waals surface area contributed by atoms with E-state index in [1.807, 2.05) is 42.5 Å². The average molecular weight is 447 g/mol. The highest BCUT2D eigenvalue weighted by atomic mass is 35.5. The van der Waals surface area contributed by atoms with Gasteiger partial charge < -0.3 is 20.5 Å². The Hall–Kier alpha value is -3.44. The maximum atomic E-state index is 13.6. The van der Waals surface area contributed by atoms with Crippen LogP contribution >= 0.6 is 11.6 Å². The second kappa shape index (κ2) is 8.24. The van der Waals surface area contributed by atoms with Crippen LogP contribution in [0.15, 0.2) is 78.5 Å². The summed E-state index contributed by atoms with van der Waals surface area (Å²) < 4.78 is 5.32. The zero-order valence-corrected chi connectivity index (χ0v) is 18.3. The topological polar surface area (TPSA) is 70.6 Å². The molecule has 0 bridgehead atoms. The molecule has 1 aliphatic carbocycles. The number of carbonyl (C=O) groups is 1. The second-order valence-electron chi connectivity index (χ2n) is 8.13. The van der Waals surface area contributed by atoms with Crippen LogP contribution in [0, 0.1) is 5.92 Å². The number of phenolic OH excluding ortho intramolecular Hbond substituents is 1. The summed E-state index contributed by atoms with van der Waals surface area (Å²) >= 11 is 6.30. The zero-order chi connectivity index (χ0) is 22.2. The first kappa shape index (κ1) is 20.5. The Morgan fingerprint density at radius 3 is 2.47 bits per heavy atom. The van der Waals surface area contributed by atoms with Gasteiger partial charge in [0.2, 0.25) is 0 Å². The number of para-hydroxylation sites is 2. The van der Waals surface area contributed by atoms with Gasteiger partial charge in [-0.25, -0.2) is 0 Å². The summed E-state index contributed by atoms with van der Waals surface area (Å²) in [5.74, 6) is -0.132. The zero-order valence-electron chi connectivity index (χ0n) is 17.5. The molecule has 2 aliphatic rings. The first-order valence-corrected chi connectivity index (χ1v) is 10.9. The molecule has 3 unspecified atom stereocenters. The number of phenols is 1. The third-order valence-electron chi connectivity index (χ3n) is 6.19. The van der Waals surface area contributed by atoms with Crippen molar-refractivity contribution in [2.24, 2.45) is 5.92 Å². The third kappa shape index (κ3) is 3.59. The number of rotatable bonds is 3. The molecule has 0 spiro atoms. The molecular formula is C26H23ClN2O3. The molecule has 0 radical (unpaired) electrons. The summed E-state index contributed by atoms with van der Waals surface area (Å²) in [7, 11) is 1.48. The lowest BCUT2D eigenvalue weighted by molar-refractivity contribution is -0.122. The fourth-order valence-electron chi connectivity index (χ4n) is 4.62. The normalized spacial score (nSPS) is 21.9. The van der Waals surface area contributed by atoms with Crippen LogP contribution in [-0.4, -0.2) is 18.0 Å². The first-order chi connectivity index (χ1) is 15.5. The van der Waals surface area contributed by atoms with E-state index in [-0.39, 0.29) is 34.3 Å². The number of Topliss-reactive ketones (excluding diaryl/α,β-unsaturated/α-hetero) is 1. The smallest absolute Gasteiger partial charge is 0.176 e. The van der Waals surface area contributed by atoms with Gasteiger partial charge in [-0.1, -0.05) is 60.1 Å². The predicted octanol–water partition coefficient (Wildman–Crippen LogP) is 5.89. The molecule has 1 heterocycles. The molecular weight excluding hydrogens is 424 g/mol. The molecule has 3 N–H and O–H groups in total. The van der Waals surface area contributed by atoms with E-state index in [1.54, 1.807) is 12.1 Å². The number of ketones is 1. The van der Waals surface area contributed by atoms with E-state index < -0.39 is 5.92 Å². The van der Waals surface area contributed by atoms with Gasteiger partial charge in [0.05, 0.1) is 35.5 Å². The van der Waals surface area contributed by atoms with Gasteiger partial charge in [-0.3, -0.25) is 4.79 Å². The lowest BCUT2D eigenvalue weighted by atomic mass is 9.76. The Kier molecular flexibility index (Phi) is 5.27. The van der Waals surface area contributed by atoms with E-state index in [2.05, 4.69) is 28.8 Å².